The molecule has 0 radical (unpaired) electrons. The summed E-state index contributed by atoms with van der Waals surface area (Å²) in [6.07, 6.45) is 2.47. The Morgan fingerprint density at radius 1 is 1.18 bits per heavy atom. The van der Waals surface area contributed by atoms with Crippen LogP contribution in [0.25, 0.3) is 0 Å². The minimum absolute atomic E-state index is 1.03. The second kappa shape index (κ2) is 4.70. The van der Waals surface area contributed by atoms with Crippen molar-refractivity contribution >= 4 is 0 Å². The molecule has 0 saturated carbocycles. The van der Waals surface area contributed by atoms with Crippen LogP contribution in [0.4, 0.5) is 0 Å². The molecule has 1 rings (SSSR count). The van der Waals surface area contributed by atoms with Gasteiger partial charge in [-0.3, -0.25) is 5.84 Å². The largest absolute Gasteiger partial charge is 0.302 e. The lowest BCUT2D eigenvalue weighted by Gasteiger charge is -2.18. The monoisotopic (exact) mass is 157 g/mol. The zero-order chi connectivity index (χ0) is 8.10. The molecule has 1 saturated heterocycles. The molecule has 0 aromatic carbocycles. The van der Waals surface area contributed by atoms with Gasteiger partial charge in [-0.15, -0.1) is 0 Å². The second-order valence-electron chi connectivity index (χ2n) is 3.23. The van der Waals surface area contributed by atoms with Gasteiger partial charge in [0.2, 0.25) is 0 Å². The topological polar surface area (TPSA) is 32.5 Å². The maximum atomic E-state index is 5.70. The number of nitrogens with two attached hydrogens (primary N) is 1. The molecule has 0 unspecified atom stereocenters. The lowest BCUT2D eigenvalue weighted by Crippen LogP contribution is -2.35. The third-order valence-corrected chi connectivity index (χ3v) is 2.16. The fourth-order valence-electron chi connectivity index (χ4n) is 1.53. The lowest BCUT2D eigenvalue weighted by atomic mass is 10.3. The van der Waals surface area contributed by atoms with Crippen molar-refractivity contribution in [2.45, 2.75) is 19.8 Å². The standard InChI is InChI=1S/C8H19N3/c1-2-4-10-5-3-6-11(9)8-7-10/h2-9H2,1H3. The van der Waals surface area contributed by atoms with Crippen LogP contribution in [0.1, 0.15) is 19.8 Å². The minimum atomic E-state index is 1.03. The molecule has 0 aromatic heterocycles. The molecule has 2 N–H and O–H groups in total. The highest BCUT2D eigenvalue weighted by Gasteiger charge is 2.10. The lowest BCUT2D eigenvalue weighted by molar-refractivity contribution is 0.261. The molecular weight excluding hydrogens is 138 g/mol. The molecule has 1 aliphatic heterocycles. The van der Waals surface area contributed by atoms with Crippen LogP contribution in [0.15, 0.2) is 0 Å². The first-order chi connectivity index (χ1) is 5.33. The van der Waals surface area contributed by atoms with E-state index in [-0.39, 0.29) is 0 Å². The number of rotatable bonds is 2. The Hall–Kier alpha value is -0.120. The van der Waals surface area contributed by atoms with Gasteiger partial charge in [-0.05, 0) is 25.9 Å². The third kappa shape index (κ3) is 3.18. The molecule has 3 nitrogen and oxygen atoms in total. The summed E-state index contributed by atoms with van der Waals surface area (Å²) >= 11 is 0. The molecule has 1 aliphatic rings. The van der Waals surface area contributed by atoms with Crippen LogP contribution in [-0.4, -0.2) is 42.6 Å². The Bertz CT molecular complexity index is 106. The zero-order valence-electron chi connectivity index (χ0n) is 7.42. The molecule has 1 heterocycles. The summed E-state index contributed by atoms with van der Waals surface area (Å²) in [7, 11) is 0. The van der Waals surface area contributed by atoms with Gasteiger partial charge in [-0.25, -0.2) is 5.01 Å². The Balaban J connectivity index is 2.22. The summed E-state index contributed by atoms with van der Waals surface area (Å²) < 4.78 is 0. The highest BCUT2D eigenvalue weighted by atomic mass is 15.4. The average Bonchev–Trinajstić information content (AvgIpc) is 2.17. The van der Waals surface area contributed by atoms with Gasteiger partial charge in [0.15, 0.2) is 0 Å². The van der Waals surface area contributed by atoms with E-state index in [4.69, 9.17) is 5.84 Å². The molecule has 0 amide bonds. The average molecular weight is 157 g/mol. The first-order valence-electron chi connectivity index (χ1n) is 4.55. The molecular formula is C8H19N3. The van der Waals surface area contributed by atoms with Gasteiger partial charge >= 0.3 is 0 Å². The molecule has 11 heavy (non-hydrogen) atoms. The predicted molar refractivity (Wildman–Crippen MR) is 47.1 cm³/mol. The van der Waals surface area contributed by atoms with Crippen molar-refractivity contribution in [2.75, 3.05) is 32.7 Å². The van der Waals surface area contributed by atoms with Gasteiger partial charge in [0.05, 0.1) is 0 Å². The van der Waals surface area contributed by atoms with E-state index in [9.17, 15) is 0 Å². The fourth-order valence-corrected chi connectivity index (χ4v) is 1.53. The highest BCUT2D eigenvalue weighted by molar-refractivity contribution is 4.65. The van der Waals surface area contributed by atoms with Crippen LogP contribution < -0.4 is 5.84 Å². The molecule has 66 valence electrons. The molecule has 0 aromatic rings. The van der Waals surface area contributed by atoms with Gasteiger partial charge in [-0.2, -0.15) is 0 Å². The van der Waals surface area contributed by atoms with Gasteiger partial charge in [0, 0.05) is 19.6 Å². The van der Waals surface area contributed by atoms with E-state index in [0.29, 0.717) is 0 Å². The van der Waals surface area contributed by atoms with Crippen molar-refractivity contribution in [3.05, 3.63) is 0 Å². The van der Waals surface area contributed by atoms with Crippen molar-refractivity contribution in [1.82, 2.24) is 9.91 Å². The number of hydrazine groups is 1. The van der Waals surface area contributed by atoms with Gasteiger partial charge in [0.1, 0.15) is 0 Å². The van der Waals surface area contributed by atoms with Crippen molar-refractivity contribution in [3.63, 3.8) is 0 Å². The molecule has 0 bridgehead atoms. The van der Waals surface area contributed by atoms with Crippen molar-refractivity contribution in [2.24, 2.45) is 5.84 Å². The quantitative estimate of drug-likeness (QED) is 0.584. The first-order valence-corrected chi connectivity index (χ1v) is 4.55. The van der Waals surface area contributed by atoms with E-state index < -0.39 is 0 Å². The van der Waals surface area contributed by atoms with E-state index in [0.717, 1.165) is 19.6 Å². The Morgan fingerprint density at radius 2 is 2.00 bits per heavy atom. The maximum Gasteiger partial charge on any atom is 0.0256 e. The fraction of sp³-hybridized carbons (Fsp3) is 1.00. The van der Waals surface area contributed by atoms with Crippen molar-refractivity contribution in [3.8, 4) is 0 Å². The minimum Gasteiger partial charge on any atom is -0.302 e. The van der Waals surface area contributed by atoms with E-state index in [1.165, 1.54) is 25.9 Å². The van der Waals surface area contributed by atoms with Gasteiger partial charge < -0.3 is 4.90 Å². The highest BCUT2D eigenvalue weighted by Crippen LogP contribution is 1.99. The third-order valence-electron chi connectivity index (χ3n) is 2.16. The normalized spacial score (nSPS) is 23.5. The summed E-state index contributed by atoms with van der Waals surface area (Å²) in [5, 5.41) is 1.93. The first kappa shape index (κ1) is 8.97. The van der Waals surface area contributed by atoms with Crippen molar-refractivity contribution < 1.29 is 0 Å². The SMILES string of the molecule is CCCN1CCCN(N)CC1. The number of nitrogens with zero attached hydrogens (tertiary/aromatic N) is 2. The van der Waals surface area contributed by atoms with Crippen LogP contribution in [0.3, 0.4) is 0 Å². The van der Waals surface area contributed by atoms with Crippen LogP contribution in [0.5, 0.6) is 0 Å². The van der Waals surface area contributed by atoms with Crippen LogP contribution >= 0.6 is 0 Å². The van der Waals surface area contributed by atoms with E-state index in [1.807, 2.05) is 5.01 Å². The summed E-state index contributed by atoms with van der Waals surface area (Å²) in [5.41, 5.74) is 0. The molecule has 0 spiro atoms. The van der Waals surface area contributed by atoms with Crippen LogP contribution in [0, 0.1) is 0 Å². The maximum absolute atomic E-state index is 5.70. The summed E-state index contributed by atoms with van der Waals surface area (Å²) in [5.74, 6) is 5.70. The van der Waals surface area contributed by atoms with E-state index in [1.54, 1.807) is 0 Å². The zero-order valence-corrected chi connectivity index (χ0v) is 7.42. The van der Waals surface area contributed by atoms with E-state index >= 15 is 0 Å². The number of hydrogen-bond acceptors (Lipinski definition) is 3. The van der Waals surface area contributed by atoms with Crippen LogP contribution in [0.2, 0.25) is 0 Å². The molecule has 3 heteroatoms. The van der Waals surface area contributed by atoms with Gasteiger partial charge in [0.25, 0.3) is 0 Å². The molecule has 1 fully saturated rings. The van der Waals surface area contributed by atoms with E-state index in [2.05, 4.69) is 11.8 Å². The Morgan fingerprint density at radius 3 is 2.73 bits per heavy atom. The van der Waals surface area contributed by atoms with Crippen molar-refractivity contribution in [1.29, 1.82) is 0 Å². The Labute approximate surface area is 69.1 Å². The van der Waals surface area contributed by atoms with Crippen LogP contribution in [-0.2, 0) is 0 Å². The predicted octanol–water partition coefficient (Wildman–Crippen LogP) is 0.278. The van der Waals surface area contributed by atoms with Gasteiger partial charge in [-0.1, -0.05) is 6.92 Å². The summed E-state index contributed by atoms with van der Waals surface area (Å²) in [6, 6.07) is 0. The summed E-state index contributed by atoms with van der Waals surface area (Å²) in [4.78, 5) is 2.49. The molecule has 0 atom stereocenters. The smallest absolute Gasteiger partial charge is 0.0256 e. The molecule has 0 aliphatic carbocycles. The summed E-state index contributed by atoms with van der Waals surface area (Å²) in [6.45, 7) is 7.91. The second-order valence-corrected chi connectivity index (χ2v) is 3.23. The number of hydrogen-bond donors (Lipinski definition) is 1. The Kier molecular flexibility index (Phi) is 3.83.